The lowest BCUT2D eigenvalue weighted by Gasteiger charge is -2.21. The fraction of sp³-hybridized carbons (Fsp3) is 0.261. The number of nitrogens with zero attached hydrogens (tertiary/aromatic N) is 2. The Hall–Kier alpha value is -4.01. The van der Waals surface area contributed by atoms with Crippen molar-refractivity contribution in [3.05, 3.63) is 80.6 Å². The summed E-state index contributed by atoms with van der Waals surface area (Å²) in [6.45, 7) is 6.02. The van der Waals surface area contributed by atoms with Gasteiger partial charge in [-0.2, -0.15) is 0 Å². The Bertz CT molecular complexity index is 1240. The van der Waals surface area contributed by atoms with Gasteiger partial charge in [0.15, 0.2) is 11.5 Å². The van der Waals surface area contributed by atoms with Crippen LogP contribution in [-0.2, 0) is 6.54 Å². The minimum atomic E-state index is -0.677. The number of carbonyl (C=O) groups excluding carboxylic acids is 1. The molecule has 4 rings (SSSR count). The minimum Gasteiger partial charge on any atom is -0.454 e. The predicted molar refractivity (Wildman–Crippen MR) is 121 cm³/mol. The van der Waals surface area contributed by atoms with E-state index in [0.29, 0.717) is 22.7 Å². The molecule has 2 N–H and O–H groups in total. The van der Waals surface area contributed by atoms with Gasteiger partial charge in [-0.1, -0.05) is 6.07 Å². The molecule has 1 amide bonds. The Morgan fingerprint density at radius 1 is 1.06 bits per heavy atom. The van der Waals surface area contributed by atoms with Crippen molar-refractivity contribution in [1.29, 1.82) is 0 Å². The maximum absolute atomic E-state index is 12.9. The molecule has 0 spiro atoms. The number of rotatable bonds is 7. The van der Waals surface area contributed by atoms with E-state index in [9.17, 15) is 14.4 Å². The first-order chi connectivity index (χ1) is 15.5. The van der Waals surface area contributed by atoms with Crippen LogP contribution in [0.3, 0.4) is 0 Å². The molecule has 1 aromatic heterocycles. The molecule has 1 aliphatic rings. The van der Waals surface area contributed by atoms with Gasteiger partial charge in [-0.15, -0.1) is 0 Å². The monoisotopic (exact) mass is 436 g/mol. The second kappa shape index (κ2) is 9.01. The average molecular weight is 436 g/mol. The average Bonchev–Trinajstić information content (AvgIpc) is 3.26. The summed E-state index contributed by atoms with van der Waals surface area (Å²) >= 11 is 0. The molecule has 3 aromatic rings. The number of ether oxygens (including phenoxy) is 2. The zero-order valence-electron chi connectivity index (χ0n) is 17.9. The summed E-state index contributed by atoms with van der Waals surface area (Å²) in [4.78, 5) is 42.6. The third-order valence-corrected chi connectivity index (χ3v) is 5.34. The third-order valence-electron chi connectivity index (χ3n) is 5.34. The van der Waals surface area contributed by atoms with Crippen molar-refractivity contribution in [2.24, 2.45) is 0 Å². The zero-order valence-corrected chi connectivity index (χ0v) is 17.9. The van der Waals surface area contributed by atoms with Crippen molar-refractivity contribution < 1.29 is 14.3 Å². The van der Waals surface area contributed by atoms with E-state index >= 15 is 0 Å². The molecule has 1 aliphatic heterocycles. The lowest BCUT2D eigenvalue weighted by atomic mass is 10.2. The number of anilines is 2. The second-order valence-electron chi connectivity index (χ2n) is 7.26. The van der Waals surface area contributed by atoms with Crippen molar-refractivity contribution in [2.45, 2.75) is 20.4 Å². The number of carbonyl (C=O) groups is 1. The van der Waals surface area contributed by atoms with Crippen LogP contribution >= 0.6 is 0 Å². The Kier molecular flexibility index (Phi) is 5.98. The molecular weight excluding hydrogens is 412 g/mol. The highest BCUT2D eigenvalue weighted by atomic mass is 16.7. The van der Waals surface area contributed by atoms with Gasteiger partial charge < -0.3 is 24.7 Å². The van der Waals surface area contributed by atoms with E-state index in [2.05, 4.69) is 29.0 Å². The molecule has 0 fully saturated rings. The van der Waals surface area contributed by atoms with E-state index in [1.807, 2.05) is 12.1 Å². The molecule has 9 heteroatoms. The maximum atomic E-state index is 12.9. The van der Waals surface area contributed by atoms with Gasteiger partial charge in [-0.05, 0) is 55.8 Å². The largest absolute Gasteiger partial charge is 0.454 e. The topological polar surface area (TPSA) is 106 Å². The number of fused-ring (bicyclic) bond motifs is 1. The van der Waals surface area contributed by atoms with Crippen molar-refractivity contribution in [2.75, 3.05) is 30.1 Å². The highest BCUT2D eigenvalue weighted by Gasteiger charge is 2.17. The molecule has 0 unspecified atom stereocenters. The van der Waals surface area contributed by atoms with Crippen LogP contribution in [0, 0.1) is 0 Å². The van der Waals surface area contributed by atoms with Crippen molar-refractivity contribution in [1.82, 2.24) is 9.55 Å². The Morgan fingerprint density at radius 2 is 1.78 bits per heavy atom. The molecule has 166 valence electrons. The number of aromatic amines is 1. The Balaban J connectivity index is 1.55. The molecule has 0 aliphatic carbocycles. The molecule has 2 aromatic carbocycles. The van der Waals surface area contributed by atoms with Crippen LogP contribution in [0.5, 0.6) is 11.5 Å². The normalized spacial score (nSPS) is 11.9. The van der Waals surface area contributed by atoms with Crippen LogP contribution < -0.4 is 30.9 Å². The number of benzene rings is 2. The van der Waals surface area contributed by atoms with E-state index in [1.165, 1.54) is 0 Å². The predicted octanol–water partition coefficient (Wildman–Crippen LogP) is 2.41. The summed E-state index contributed by atoms with van der Waals surface area (Å²) in [6, 6.07) is 12.5. The summed E-state index contributed by atoms with van der Waals surface area (Å²) in [5, 5.41) is 2.72. The molecule has 9 nitrogen and oxygen atoms in total. The lowest BCUT2D eigenvalue weighted by molar-refractivity contribution is 0.102. The first-order valence-corrected chi connectivity index (χ1v) is 10.4. The summed E-state index contributed by atoms with van der Waals surface area (Å²) < 4.78 is 11.6. The fourth-order valence-corrected chi connectivity index (χ4v) is 3.58. The van der Waals surface area contributed by atoms with E-state index < -0.39 is 17.2 Å². The van der Waals surface area contributed by atoms with Gasteiger partial charge in [0.05, 0.1) is 6.54 Å². The number of hydrogen-bond donors (Lipinski definition) is 2. The van der Waals surface area contributed by atoms with Crippen LogP contribution in [0.4, 0.5) is 11.4 Å². The van der Waals surface area contributed by atoms with Gasteiger partial charge in [0, 0.05) is 30.7 Å². The van der Waals surface area contributed by atoms with Gasteiger partial charge in [0.2, 0.25) is 6.79 Å². The third kappa shape index (κ3) is 4.22. The van der Waals surface area contributed by atoms with Crippen molar-refractivity contribution in [3.8, 4) is 11.5 Å². The van der Waals surface area contributed by atoms with Crippen molar-refractivity contribution in [3.63, 3.8) is 0 Å². The maximum Gasteiger partial charge on any atom is 0.328 e. The van der Waals surface area contributed by atoms with Gasteiger partial charge >= 0.3 is 5.69 Å². The lowest BCUT2D eigenvalue weighted by Crippen LogP contribution is -2.39. The van der Waals surface area contributed by atoms with Crippen LogP contribution in [0.15, 0.2) is 58.3 Å². The number of aromatic nitrogens is 2. The first kappa shape index (κ1) is 21.2. The highest BCUT2D eigenvalue weighted by Crippen LogP contribution is 2.32. The van der Waals surface area contributed by atoms with E-state index in [-0.39, 0.29) is 18.9 Å². The van der Waals surface area contributed by atoms with Crippen LogP contribution in [-0.4, -0.2) is 35.3 Å². The van der Waals surface area contributed by atoms with Gasteiger partial charge in [-0.3, -0.25) is 14.2 Å². The highest BCUT2D eigenvalue weighted by molar-refractivity contribution is 6.03. The first-order valence-electron chi connectivity index (χ1n) is 10.4. The number of nitrogens with one attached hydrogen (secondary N) is 2. The molecular formula is C23H24N4O5. The number of hydrogen-bond acceptors (Lipinski definition) is 6. The standard InChI is InChI=1S/C23H24N4O5/c1-3-26(4-2)17-8-6-16(7-9-17)25-21(28)18-12-24-23(30)27(22(18)29)13-15-5-10-19-20(11-15)32-14-31-19/h5-12H,3-4,13-14H2,1-2H3,(H,24,30)(H,25,28). The molecule has 0 radical (unpaired) electrons. The Morgan fingerprint density at radius 3 is 2.50 bits per heavy atom. The molecule has 0 saturated heterocycles. The summed E-state index contributed by atoms with van der Waals surface area (Å²) in [5.41, 5.74) is 0.836. The van der Waals surface area contributed by atoms with Gasteiger partial charge in [-0.25, -0.2) is 4.79 Å². The molecule has 32 heavy (non-hydrogen) atoms. The van der Waals surface area contributed by atoms with E-state index in [0.717, 1.165) is 29.5 Å². The summed E-state index contributed by atoms with van der Waals surface area (Å²) in [7, 11) is 0. The second-order valence-corrected chi connectivity index (χ2v) is 7.26. The van der Waals surface area contributed by atoms with E-state index in [4.69, 9.17) is 9.47 Å². The van der Waals surface area contributed by atoms with Gasteiger partial charge in [0.25, 0.3) is 11.5 Å². The summed E-state index contributed by atoms with van der Waals surface area (Å²) in [6.07, 6.45) is 1.14. The molecule has 0 saturated carbocycles. The van der Waals surface area contributed by atoms with Crippen LogP contribution in [0.1, 0.15) is 29.8 Å². The number of amides is 1. The quantitative estimate of drug-likeness (QED) is 0.589. The Labute approximate surface area is 184 Å². The van der Waals surface area contributed by atoms with E-state index in [1.54, 1.807) is 30.3 Å². The smallest absolute Gasteiger partial charge is 0.328 e. The molecule has 0 atom stereocenters. The molecule has 2 heterocycles. The number of H-pyrrole nitrogens is 1. The van der Waals surface area contributed by atoms with Crippen LogP contribution in [0.25, 0.3) is 0 Å². The zero-order chi connectivity index (χ0) is 22.7. The SMILES string of the molecule is CCN(CC)c1ccc(NC(=O)c2c[nH]c(=O)n(Cc3ccc4c(c3)OCO4)c2=O)cc1. The minimum absolute atomic E-state index is 0.00943. The fourth-order valence-electron chi connectivity index (χ4n) is 3.58. The molecule has 0 bridgehead atoms. The summed E-state index contributed by atoms with van der Waals surface area (Å²) in [5.74, 6) is 0.561. The van der Waals surface area contributed by atoms with Gasteiger partial charge in [0.1, 0.15) is 5.56 Å². The van der Waals surface area contributed by atoms with Crippen LogP contribution in [0.2, 0.25) is 0 Å². The van der Waals surface area contributed by atoms with Crippen molar-refractivity contribution >= 4 is 17.3 Å².